The van der Waals surface area contributed by atoms with Crippen molar-refractivity contribution in [1.29, 1.82) is 0 Å². The van der Waals surface area contributed by atoms with Gasteiger partial charge in [-0.05, 0) is 31.7 Å². The van der Waals surface area contributed by atoms with E-state index in [1.165, 1.54) is 30.9 Å². The standard InChI is InChI=1S/C23H21N2.C5H8O2.Ir/c1-15-8-7-10-17-14-24-22(25-21(15)17)18-12-16-9-5-6-11-19(16)20(13-18)23(2,3)4;1-4(6)3-5(2)7;/h5-11,13-14H,1-4H3;3,6H,1-2H3;/q-1;;. The first-order valence-corrected chi connectivity index (χ1v) is 10.6. The first-order chi connectivity index (χ1) is 15.1. The van der Waals surface area contributed by atoms with Crippen LogP contribution in [0.3, 0.4) is 0 Å². The molecule has 0 aliphatic carbocycles. The summed E-state index contributed by atoms with van der Waals surface area (Å²) in [6, 6.07) is 20.3. The third-order valence-corrected chi connectivity index (χ3v) is 5.05. The molecule has 3 aromatic carbocycles. The van der Waals surface area contributed by atoms with Crippen LogP contribution >= 0.6 is 0 Å². The molecule has 4 nitrogen and oxygen atoms in total. The minimum absolute atomic E-state index is 0. The van der Waals surface area contributed by atoms with Gasteiger partial charge in [0, 0.05) is 37.8 Å². The van der Waals surface area contributed by atoms with E-state index in [0.29, 0.717) is 0 Å². The molecule has 0 amide bonds. The minimum Gasteiger partial charge on any atom is -0.512 e. The maximum absolute atomic E-state index is 10.0. The summed E-state index contributed by atoms with van der Waals surface area (Å²) in [5.74, 6) is 0.672. The molecule has 1 heterocycles. The molecule has 33 heavy (non-hydrogen) atoms. The summed E-state index contributed by atoms with van der Waals surface area (Å²) in [5.41, 5.74) is 4.46. The molecule has 0 saturated carbocycles. The molecule has 1 radical (unpaired) electrons. The van der Waals surface area contributed by atoms with Crippen molar-refractivity contribution in [3.05, 3.63) is 83.8 Å². The summed E-state index contributed by atoms with van der Waals surface area (Å²) in [4.78, 5) is 19.5. The molecule has 0 bridgehead atoms. The number of aliphatic hydroxyl groups is 1. The number of hydrogen-bond acceptors (Lipinski definition) is 4. The predicted molar refractivity (Wildman–Crippen MR) is 132 cm³/mol. The Morgan fingerprint density at radius 1 is 1.06 bits per heavy atom. The molecule has 0 saturated heterocycles. The van der Waals surface area contributed by atoms with Crippen LogP contribution in [-0.2, 0) is 30.3 Å². The van der Waals surface area contributed by atoms with Gasteiger partial charge in [-0.15, -0.1) is 29.1 Å². The van der Waals surface area contributed by atoms with Crippen LogP contribution in [0.15, 0.2) is 66.6 Å². The molecule has 1 aromatic heterocycles. The summed E-state index contributed by atoms with van der Waals surface area (Å²) in [7, 11) is 0. The van der Waals surface area contributed by atoms with E-state index in [-0.39, 0.29) is 37.1 Å². The molecular weight excluding hydrogens is 589 g/mol. The van der Waals surface area contributed by atoms with Crippen LogP contribution in [0.25, 0.3) is 33.1 Å². The van der Waals surface area contributed by atoms with E-state index in [0.717, 1.165) is 33.2 Å². The molecule has 0 aliphatic rings. The molecule has 5 heteroatoms. The largest absolute Gasteiger partial charge is 0.512 e. The molecule has 1 N–H and O–H groups in total. The van der Waals surface area contributed by atoms with Crippen molar-refractivity contribution in [3.8, 4) is 11.4 Å². The average Bonchev–Trinajstić information content (AvgIpc) is 2.72. The van der Waals surface area contributed by atoms with Gasteiger partial charge in [0.1, 0.15) is 0 Å². The van der Waals surface area contributed by atoms with Crippen molar-refractivity contribution in [2.45, 2.75) is 47.0 Å². The Hall–Kier alpha value is -2.88. The number of carbonyl (C=O) groups excluding carboxylic acids is 1. The van der Waals surface area contributed by atoms with Gasteiger partial charge in [-0.3, -0.25) is 14.8 Å². The number of nitrogens with zero attached hydrogens (tertiary/aromatic N) is 2. The number of allylic oxidation sites excluding steroid dienone is 2. The van der Waals surface area contributed by atoms with Crippen LogP contribution in [0, 0.1) is 13.0 Å². The van der Waals surface area contributed by atoms with Gasteiger partial charge in [0.05, 0.1) is 17.1 Å². The zero-order chi connectivity index (χ0) is 23.5. The minimum atomic E-state index is -0.125. The third kappa shape index (κ3) is 6.56. The van der Waals surface area contributed by atoms with Gasteiger partial charge in [0.15, 0.2) is 5.78 Å². The van der Waals surface area contributed by atoms with Crippen molar-refractivity contribution >= 4 is 27.5 Å². The normalized spacial score (nSPS) is 11.5. The van der Waals surface area contributed by atoms with E-state index in [2.05, 4.69) is 81.2 Å². The number of benzene rings is 3. The number of aryl methyl sites for hydroxylation is 1. The summed E-state index contributed by atoms with van der Waals surface area (Å²) >= 11 is 0. The van der Waals surface area contributed by atoms with Crippen molar-refractivity contribution in [2.75, 3.05) is 0 Å². The van der Waals surface area contributed by atoms with E-state index in [1.54, 1.807) is 0 Å². The Morgan fingerprint density at radius 2 is 1.76 bits per heavy atom. The van der Waals surface area contributed by atoms with Crippen molar-refractivity contribution < 1.29 is 30.0 Å². The summed E-state index contributed by atoms with van der Waals surface area (Å²) < 4.78 is 0. The van der Waals surface area contributed by atoms with Crippen LogP contribution in [-0.4, -0.2) is 20.9 Å². The number of ketones is 1. The maximum Gasteiger partial charge on any atom is 0.155 e. The van der Waals surface area contributed by atoms with Crippen molar-refractivity contribution in [1.82, 2.24) is 9.97 Å². The monoisotopic (exact) mass is 618 g/mol. The zero-order valence-electron chi connectivity index (χ0n) is 19.9. The zero-order valence-corrected chi connectivity index (χ0v) is 22.3. The molecule has 4 rings (SSSR count). The van der Waals surface area contributed by atoms with Crippen LogP contribution in [0.4, 0.5) is 0 Å². The second-order valence-electron chi connectivity index (χ2n) is 8.99. The maximum atomic E-state index is 10.0. The number of hydrogen-bond donors (Lipinski definition) is 1. The molecule has 173 valence electrons. The Bertz CT molecular complexity index is 1320. The quantitative estimate of drug-likeness (QED) is 0.151. The molecule has 4 aromatic rings. The van der Waals surface area contributed by atoms with E-state index < -0.39 is 0 Å². The molecule has 0 aliphatic heterocycles. The number of rotatable bonds is 2. The smallest absolute Gasteiger partial charge is 0.155 e. The van der Waals surface area contributed by atoms with Crippen LogP contribution in [0.5, 0.6) is 0 Å². The van der Waals surface area contributed by atoms with Gasteiger partial charge in [-0.1, -0.05) is 68.1 Å². The first kappa shape index (κ1) is 26.4. The van der Waals surface area contributed by atoms with E-state index >= 15 is 0 Å². The van der Waals surface area contributed by atoms with Gasteiger partial charge >= 0.3 is 0 Å². The second kappa shape index (κ2) is 10.8. The SMILES string of the molecule is CC(=O)C=C(C)O.Cc1cccc2cnc(-c3[c-]c4ccccc4c(C(C)(C)C)c3)nc12.[Ir]. The average molecular weight is 618 g/mol. The molecule has 0 unspecified atom stereocenters. The van der Waals surface area contributed by atoms with Crippen molar-refractivity contribution in [3.63, 3.8) is 0 Å². The number of carbonyl (C=O) groups is 1. The van der Waals surface area contributed by atoms with Crippen LogP contribution in [0.1, 0.15) is 45.7 Å². The number of para-hydroxylation sites is 1. The van der Waals surface area contributed by atoms with Gasteiger partial charge in [-0.25, -0.2) is 0 Å². The topological polar surface area (TPSA) is 63.1 Å². The Labute approximate surface area is 209 Å². The number of aromatic nitrogens is 2. The Kier molecular flexibility index (Phi) is 8.65. The van der Waals surface area contributed by atoms with Gasteiger partial charge in [0.25, 0.3) is 0 Å². The Balaban J connectivity index is 0.000000423. The van der Waals surface area contributed by atoms with Crippen LogP contribution in [0.2, 0.25) is 0 Å². The summed E-state index contributed by atoms with van der Waals surface area (Å²) in [6.45, 7) is 11.7. The first-order valence-electron chi connectivity index (χ1n) is 10.6. The summed E-state index contributed by atoms with van der Waals surface area (Å²) in [5, 5.41) is 11.8. The van der Waals surface area contributed by atoms with Gasteiger partial charge in [-0.2, -0.15) is 0 Å². The third-order valence-electron chi connectivity index (χ3n) is 5.05. The van der Waals surface area contributed by atoms with Gasteiger partial charge in [0.2, 0.25) is 0 Å². The molecule has 0 spiro atoms. The molecule has 0 fully saturated rings. The predicted octanol–water partition coefficient (Wildman–Crippen LogP) is 6.89. The van der Waals surface area contributed by atoms with Crippen molar-refractivity contribution in [2.24, 2.45) is 0 Å². The fourth-order valence-electron chi connectivity index (χ4n) is 3.60. The van der Waals surface area contributed by atoms with Gasteiger partial charge < -0.3 is 5.11 Å². The fourth-order valence-corrected chi connectivity index (χ4v) is 3.60. The van der Waals surface area contributed by atoms with E-state index in [4.69, 9.17) is 10.1 Å². The van der Waals surface area contributed by atoms with E-state index in [9.17, 15) is 4.79 Å². The molecular formula is C28H29IrN2O2-. The fraction of sp³-hybridized carbons (Fsp3) is 0.250. The second-order valence-corrected chi connectivity index (χ2v) is 8.99. The summed E-state index contributed by atoms with van der Waals surface area (Å²) in [6.07, 6.45) is 3.07. The number of fused-ring (bicyclic) bond motifs is 2. The Morgan fingerprint density at radius 3 is 2.36 bits per heavy atom. The number of aliphatic hydroxyl groups excluding tert-OH is 1. The van der Waals surface area contributed by atoms with E-state index in [1.807, 2.05) is 12.3 Å². The van der Waals surface area contributed by atoms with Crippen LogP contribution < -0.4 is 0 Å². The molecule has 0 atom stereocenters.